The number of carbonyl (C=O) groups is 1. The number of ether oxygens (including phenoxy) is 3. The molecule has 0 aliphatic heterocycles. The van der Waals surface area contributed by atoms with E-state index in [1.807, 2.05) is 57.2 Å². The predicted octanol–water partition coefficient (Wildman–Crippen LogP) is 4.41. The summed E-state index contributed by atoms with van der Waals surface area (Å²) in [6.07, 6.45) is 3.14. The van der Waals surface area contributed by atoms with Crippen LogP contribution in [0.25, 0.3) is 6.08 Å². The molecule has 0 fully saturated rings. The van der Waals surface area contributed by atoms with E-state index in [1.54, 1.807) is 19.3 Å². The van der Waals surface area contributed by atoms with Gasteiger partial charge in [0.1, 0.15) is 5.75 Å². The second-order valence-electron chi connectivity index (χ2n) is 5.60. The van der Waals surface area contributed by atoms with E-state index in [0.717, 1.165) is 11.1 Å². The van der Waals surface area contributed by atoms with Gasteiger partial charge in [0.25, 0.3) is 0 Å². The minimum absolute atomic E-state index is 0.0596. The quantitative estimate of drug-likeness (QED) is 0.448. The van der Waals surface area contributed by atoms with E-state index in [-0.39, 0.29) is 6.10 Å². The number of methoxy groups -OCH3 is 1. The number of hydrogen-bond acceptors (Lipinski definition) is 4. The van der Waals surface area contributed by atoms with Gasteiger partial charge in [-0.3, -0.25) is 0 Å². The molecule has 0 N–H and O–H groups in total. The SMILES string of the molecule is COc1cc(/C=C/C(=O)Oc2ccccc2C)ccc1OC(C)C. The zero-order valence-corrected chi connectivity index (χ0v) is 14.4. The van der Waals surface area contributed by atoms with Crippen molar-refractivity contribution in [1.82, 2.24) is 0 Å². The second-order valence-corrected chi connectivity index (χ2v) is 5.60. The molecule has 4 heteroatoms. The Kier molecular flexibility index (Phi) is 6.01. The van der Waals surface area contributed by atoms with Crippen molar-refractivity contribution < 1.29 is 19.0 Å². The molecule has 24 heavy (non-hydrogen) atoms. The highest BCUT2D eigenvalue weighted by atomic mass is 16.5. The van der Waals surface area contributed by atoms with E-state index in [0.29, 0.717) is 17.2 Å². The average Bonchev–Trinajstić information content (AvgIpc) is 2.55. The van der Waals surface area contributed by atoms with Crippen molar-refractivity contribution in [1.29, 1.82) is 0 Å². The van der Waals surface area contributed by atoms with Crippen LogP contribution < -0.4 is 14.2 Å². The molecule has 126 valence electrons. The van der Waals surface area contributed by atoms with Gasteiger partial charge in [-0.05, 0) is 56.2 Å². The fourth-order valence-electron chi connectivity index (χ4n) is 2.12. The third kappa shape index (κ3) is 4.88. The lowest BCUT2D eigenvalue weighted by Crippen LogP contribution is -2.06. The van der Waals surface area contributed by atoms with Gasteiger partial charge in [-0.15, -0.1) is 0 Å². The Morgan fingerprint density at radius 3 is 2.46 bits per heavy atom. The van der Waals surface area contributed by atoms with Crippen molar-refractivity contribution in [2.24, 2.45) is 0 Å². The molecular weight excluding hydrogens is 304 g/mol. The van der Waals surface area contributed by atoms with Crippen molar-refractivity contribution in [3.8, 4) is 17.2 Å². The maximum atomic E-state index is 11.9. The maximum Gasteiger partial charge on any atom is 0.336 e. The molecule has 4 nitrogen and oxygen atoms in total. The number of benzene rings is 2. The van der Waals surface area contributed by atoms with Crippen molar-refractivity contribution in [2.45, 2.75) is 26.9 Å². The molecule has 0 unspecified atom stereocenters. The lowest BCUT2D eigenvalue weighted by atomic mass is 10.2. The molecule has 0 aliphatic carbocycles. The first-order chi connectivity index (χ1) is 11.5. The molecule has 0 heterocycles. The fourth-order valence-corrected chi connectivity index (χ4v) is 2.12. The molecule has 0 saturated heterocycles. The van der Waals surface area contributed by atoms with Crippen LogP contribution in [0.1, 0.15) is 25.0 Å². The van der Waals surface area contributed by atoms with E-state index >= 15 is 0 Å². The lowest BCUT2D eigenvalue weighted by molar-refractivity contribution is -0.128. The van der Waals surface area contributed by atoms with Crippen molar-refractivity contribution >= 4 is 12.0 Å². The molecule has 0 bridgehead atoms. The summed E-state index contributed by atoms with van der Waals surface area (Å²) in [6, 6.07) is 12.9. The average molecular weight is 326 g/mol. The molecule has 0 saturated carbocycles. The summed E-state index contributed by atoms with van der Waals surface area (Å²) in [6.45, 7) is 5.80. The smallest absolute Gasteiger partial charge is 0.336 e. The Hall–Kier alpha value is -2.75. The number of esters is 1. The normalized spacial score (nSPS) is 10.9. The number of para-hydroxylation sites is 1. The highest BCUT2D eigenvalue weighted by Gasteiger charge is 2.07. The van der Waals surface area contributed by atoms with Crippen LogP contribution in [-0.2, 0) is 4.79 Å². The third-order valence-corrected chi connectivity index (χ3v) is 3.27. The van der Waals surface area contributed by atoms with Gasteiger partial charge in [0, 0.05) is 6.08 Å². The Morgan fingerprint density at radius 2 is 1.79 bits per heavy atom. The predicted molar refractivity (Wildman–Crippen MR) is 94.6 cm³/mol. The summed E-state index contributed by atoms with van der Waals surface area (Å²) >= 11 is 0. The second kappa shape index (κ2) is 8.20. The maximum absolute atomic E-state index is 11.9. The Bertz CT molecular complexity index is 732. The number of carbonyl (C=O) groups excluding carboxylic acids is 1. The first-order valence-electron chi connectivity index (χ1n) is 7.80. The molecule has 2 aromatic rings. The molecule has 0 atom stereocenters. The summed E-state index contributed by atoms with van der Waals surface area (Å²) in [4.78, 5) is 11.9. The fraction of sp³-hybridized carbons (Fsp3) is 0.250. The number of rotatable bonds is 6. The van der Waals surface area contributed by atoms with Gasteiger partial charge in [0.2, 0.25) is 0 Å². The highest BCUT2D eigenvalue weighted by Crippen LogP contribution is 2.29. The highest BCUT2D eigenvalue weighted by molar-refractivity contribution is 5.89. The van der Waals surface area contributed by atoms with Crippen LogP contribution in [0, 0.1) is 6.92 Å². The van der Waals surface area contributed by atoms with Gasteiger partial charge in [0.15, 0.2) is 11.5 Å². The number of aryl methyl sites for hydroxylation is 1. The van der Waals surface area contributed by atoms with Crippen LogP contribution >= 0.6 is 0 Å². The van der Waals surface area contributed by atoms with Gasteiger partial charge in [-0.25, -0.2) is 4.79 Å². The minimum atomic E-state index is -0.425. The topological polar surface area (TPSA) is 44.8 Å². The Balaban J connectivity index is 2.08. The summed E-state index contributed by atoms with van der Waals surface area (Å²) < 4.78 is 16.3. The van der Waals surface area contributed by atoms with Gasteiger partial charge < -0.3 is 14.2 Å². The van der Waals surface area contributed by atoms with E-state index < -0.39 is 5.97 Å². The first-order valence-corrected chi connectivity index (χ1v) is 7.80. The summed E-state index contributed by atoms with van der Waals surface area (Å²) in [5.74, 6) is 1.43. The van der Waals surface area contributed by atoms with Gasteiger partial charge in [-0.1, -0.05) is 24.3 Å². The van der Waals surface area contributed by atoms with E-state index in [1.165, 1.54) is 6.08 Å². The summed E-state index contributed by atoms with van der Waals surface area (Å²) in [5, 5.41) is 0. The standard InChI is InChI=1S/C20H22O4/c1-14(2)23-18-11-9-16(13-19(18)22-4)10-12-20(21)24-17-8-6-5-7-15(17)3/h5-14H,1-4H3/b12-10+. The van der Waals surface area contributed by atoms with Crippen LogP contribution in [0.4, 0.5) is 0 Å². The van der Waals surface area contributed by atoms with Gasteiger partial charge in [-0.2, -0.15) is 0 Å². The molecule has 2 aromatic carbocycles. The first kappa shape index (κ1) is 17.6. The lowest BCUT2D eigenvalue weighted by Gasteiger charge is -2.13. The van der Waals surface area contributed by atoms with Crippen molar-refractivity contribution in [2.75, 3.05) is 7.11 Å². The van der Waals surface area contributed by atoms with Crippen molar-refractivity contribution in [3.63, 3.8) is 0 Å². The molecule has 0 spiro atoms. The Labute approximate surface area is 142 Å². The Morgan fingerprint density at radius 1 is 1.04 bits per heavy atom. The summed E-state index contributed by atoms with van der Waals surface area (Å²) in [5.41, 5.74) is 1.74. The van der Waals surface area contributed by atoms with Crippen LogP contribution in [0.3, 0.4) is 0 Å². The van der Waals surface area contributed by atoms with Crippen LogP contribution in [0.15, 0.2) is 48.5 Å². The molecule has 0 radical (unpaired) electrons. The number of hydrogen-bond donors (Lipinski definition) is 0. The van der Waals surface area contributed by atoms with Gasteiger partial charge >= 0.3 is 5.97 Å². The monoisotopic (exact) mass is 326 g/mol. The molecule has 2 rings (SSSR count). The third-order valence-electron chi connectivity index (χ3n) is 3.27. The molecule has 0 aromatic heterocycles. The van der Waals surface area contributed by atoms with E-state index in [9.17, 15) is 4.79 Å². The van der Waals surface area contributed by atoms with Crippen molar-refractivity contribution in [3.05, 3.63) is 59.7 Å². The van der Waals surface area contributed by atoms with Crippen LogP contribution in [0.2, 0.25) is 0 Å². The summed E-state index contributed by atoms with van der Waals surface area (Å²) in [7, 11) is 1.59. The minimum Gasteiger partial charge on any atom is -0.493 e. The molecule has 0 aliphatic rings. The zero-order valence-electron chi connectivity index (χ0n) is 14.4. The van der Waals surface area contributed by atoms with E-state index in [2.05, 4.69) is 0 Å². The van der Waals surface area contributed by atoms with Crippen LogP contribution in [-0.4, -0.2) is 19.2 Å². The molecule has 0 amide bonds. The van der Waals surface area contributed by atoms with Crippen LogP contribution in [0.5, 0.6) is 17.2 Å². The largest absolute Gasteiger partial charge is 0.493 e. The molecular formula is C20H22O4. The van der Waals surface area contributed by atoms with E-state index in [4.69, 9.17) is 14.2 Å². The zero-order chi connectivity index (χ0) is 17.5. The van der Waals surface area contributed by atoms with Gasteiger partial charge in [0.05, 0.1) is 13.2 Å².